The van der Waals surface area contributed by atoms with E-state index in [4.69, 9.17) is 10.8 Å². The minimum Gasteiger partial charge on any atom is -0.395 e. The number of nitrogens with two attached hydrogens (primary N) is 1. The summed E-state index contributed by atoms with van der Waals surface area (Å²) < 4.78 is 0. The van der Waals surface area contributed by atoms with E-state index < -0.39 is 6.04 Å². The number of nitrogens with one attached hydrogen (secondary N) is 1. The van der Waals surface area contributed by atoms with Crippen molar-refractivity contribution in [3.8, 4) is 0 Å². The van der Waals surface area contributed by atoms with Gasteiger partial charge in [-0.1, -0.05) is 0 Å². The van der Waals surface area contributed by atoms with E-state index in [1.54, 1.807) is 0 Å². The Kier molecular flexibility index (Phi) is 2.84. The maximum Gasteiger partial charge on any atom is 0.224 e. The van der Waals surface area contributed by atoms with Crippen LogP contribution in [0.25, 0.3) is 0 Å². The highest BCUT2D eigenvalue weighted by Gasteiger charge is 2.27. The Bertz CT molecular complexity index is 149. The highest BCUT2D eigenvalue weighted by atomic mass is 16.3. The van der Waals surface area contributed by atoms with E-state index in [-0.39, 0.29) is 18.4 Å². The minimum absolute atomic E-state index is 0.0159. The third-order valence-electron chi connectivity index (χ3n) is 2.06. The molecular weight excluding hydrogens is 144 g/mol. The van der Waals surface area contributed by atoms with Gasteiger partial charge in [-0.3, -0.25) is 4.79 Å². The van der Waals surface area contributed by atoms with Crippen molar-refractivity contribution in [3.05, 3.63) is 0 Å². The summed E-state index contributed by atoms with van der Waals surface area (Å²) in [6, 6.07) is -0.393. The molecule has 1 aliphatic heterocycles. The van der Waals surface area contributed by atoms with Crippen LogP contribution in [0.5, 0.6) is 0 Å². The summed E-state index contributed by atoms with van der Waals surface area (Å²) in [6.45, 7) is 0.631. The van der Waals surface area contributed by atoms with E-state index in [0.717, 1.165) is 19.4 Å². The van der Waals surface area contributed by atoms with Crippen molar-refractivity contribution in [3.63, 3.8) is 0 Å². The third kappa shape index (κ3) is 1.91. The van der Waals surface area contributed by atoms with Gasteiger partial charge < -0.3 is 16.2 Å². The molecule has 1 fully saturated rings. The molecule has 2 unspecified atom stereocenters. The molecule has 0 aromatic rings. The molecular formula is C7H14N2O2. The summed E-state index contributed by atoms with van der Waals surface area (Å²) >= 11 is 0. The van der Waals surface area contributed by atoms with Crippen LogP contribution in [0.3, 0.4) is 0 Å². The van der Waals surface area contributed by atoms with Crippen LogP contribution in [0.1, 0.15) is 12.8 Å². The Hall–Kier alpha value is -0.610. The Morgan fingerprint density at radius 2 is 2.55 bits per heavy atom. The van der Waals surface area contributed by atoms with E-state index in [1.807, 2.05) is 0 Å². The fourth-order valence-electron chi connectivity index (χ4n) is 1.33. The summed E-state index contributed by atoms with van der Waals surface area (Å²) in [5.74, 6) is -0.202. The van der Waals surface area contributed by atoms with Gasteiger partial charge in [0, 0.05) is 12.6 Å². The molecule has 0 spiro atoms. The zero-order chi connectivity index (χ0) is 8.27. The predicted molar refractivity (Wildman–Crippen MR) is 40.8 cm³/mol. The second-order valence-corrected chi connectivity index (χ2v) is 2.89. The number of piperidine rings is 1. The van der Waals surface area contributed by atoms with Crippen LogP contribution in [0.4, 0.5) is 0 Å². The van der Waals surface area contributed by atoms with E-state index in [9.17, 15) is 4.79 Å². The van der Waals surface area contributed by atoms with Crippen molar-refractivity contribution in [1.82, 2.24) is 5.32 Å². The molecule has 11 heavy (non-hydrogen) atoms. The highest BCUT2D eigenvalue weighted by molar-refractivity contribution is 5.80. The van der Waals surface area contributed by atoms with Gasteiger partial charge in [0.15, 0.2) is 0 Å². The molecule has 1 amide bonds. The lowest BCUT2D eigenvalue weighted by atomic mass is 9.92. The van der Waals surface area contributed by atoms with Crippen LogP contribution in [0, 0.1) is 5.92 Å². The first-order chi connectivity index (χ1) is 5.25. The molecule has 0 saturated carbocycles. The highest BCUT2D eigenvalue weighted by Crippen LogP contribution is 2.13. The standard InChI is InChI=1S/C7H14N2O2/c8-6(4-10)5-2-1-3-9-7(5)11/h5-6,10H,1-4,8H2,(H,9,11). The Labute approximate surface area is 65.8 Å². The molecule has 0 radical (unpaired) electrons. The fraction of sp³-hybridized carbons (Fsp3) is 0.857. The van der Waals surface area contributed by atoms with Crippen LogP contribution >= 0.6 is 0 Å². The van der Waals surface area contributed by atoms with Crippen LogP contribution in [-0.4, -0.2) is 30.2 Å². The molecule has 4 N–H and O–H groups in total. The van der Waals surface area contributed by atoms with Gasteiger partial charge in [0.2, 0.25) is 5.91 Å². The monoisotopic (exact) mass is 158 g/mol. The quantitative estimate of drug-likeness (QED) is 0.474. The summed E-state index contributed by atoms with van der Waals surface area (Å²) in [5, 5.41) is 11.4. The second kappa shape index (κ2) is 3.69. The Morgan fingerprint density at radius 1 is 1.82 bits per heavy atom. The molecule has 1 heterocycles. The average molecular weight is 158 g/mol. The van der Waals surface area contributed by atoms with Gasteiger partial charge in [-0.2, -0.15) is 0 Å². The molecule has 1 rings (SSSR count). The number of hydrogen-bond acceptors (Lipinski definition) is 3. The molecule has 1 aliphatic rings. The van der Waals surface area contributed by atoms with Gasteiger partial charge in [-0.05, 0) is 12.8 Å². The molecule has 4 heteroatoms. The average Bonchev–Trinajstić information content (AvgIpc) is 2.04. The Balaban J connectivity index is 2.47. The molecule has 64 valence electrons. The Morgan fingerprint density at radius 3 is 3.09 bits per heavy atom. The summed E-state index contributed by atoms with van der Waals surface area (Å²) in [7, 11) is 0. The van der Waals surface area contributed by atoms with Gasteiger partial charge in [0.25, 0.3) is 0 Å². The van der Waals surface area contributed by atoms with Crippen molar-refractivity contribution in [1.29, 1.82) is 0 Å². The van der Waals surface area contributed by atoms with Gasteiger partial charge in [-0.15, -0.1) is 0 Å². The zero-order valence-electron chi connectivity index (χ0n) is 6.42. The molecule has 0 aliphatic carbocycles. The number of carbonyl (C=O) groups excluding carboxylic acids is 1. The minimum atomic E-state index is -0.393. The van der Waals surface area contributed by atoms with Crippen LogP contribution in [0.15, 0.2) is 0 Å². The van der Waals surface area contributed by atoms with Crippen LogP contribution in [0.2, 0.25) is 0 Å². The first-order valence-corrected chi connectivity index (χ1v) is 3.90. The van der Waals surface area contributed by atoms with Gasteiger partial charge in [0.05, 0.1) is 12.5 Å². The van der Waals surface area contributed by atoms with E-state index in [2.05, 4.69) is 5.32 Å². The second-order valence-electron chi connectivity index (χ2n) is 2.89. The van der Waals surface area contributed by atoms with Crippen molar-refractivity contribution in [2.75, 3.05) is 13.2 Å². The van der Waals surface area contributed by atoms with Crippen molar-refractivity contribution in [2.24, 2.45) is 11.7 Å². The number of rotatable bonds is 2. The molecule has 0 aromatic carbocycles. The predicted octanol–water partition coefficient (Wildman–Crippen LogP) is -1.17. The molecule has 2 atom stereocenters. The number of amides is 1. The first kappa shape index (κ1) is 8.49. The maximum absolute atomic E-state index is 11.1. The number of hydrogen-bond donors (Lipinski definition) is 3. The third-order valence-corrected chi connectivity index (χ3v) is 2.06. The fourth-order valence-corrected chi connectivity index (χ4v) is 1.33. The molecule has 1 saturated heterocycles. The summed E-state index contributed by atoms with van der Waals surface area (Å²) in [4.78, 5) is 11.1. The van der Waals surface area contributed by atoms with Crippen LogP contribution < -0.4 is 11.1 Å². The van der Waals surface area contributed by atoms with E-state index >= 15 is 0 Å². The topological polar surface area (TPSA) is 75.3 Å². The van der Waals surface area contributed by atoms with Crippen LogP contribution in [-0.2, 0) is 4.79 Å². The lowest BCUT2D eigenvalue weighted by molar-refractivity contribution is -0.127. The smallest absolute Gasteiger partial charge is 0.224 e. The summed E-state index contributed by atoms with van der Waals surface area (Å²) in [5.41, 5.74) is 5.53. The molecule has 0 bridgehead atoms. The lowest BCUT2D eigenvalue weighted by Gasteiger charge is -2.25. The molecule has 4 nitrogen and oxygen atoms in total. The summed E-state index contributed by atoms with van der Waals surface area (Å²) in [6.07, 6.45) is 1.76. The molecule has 0 aromatic heterocycles. The van der Waals surface area contributed by atoms with Crippen molar-refractivity contribution >= 4 is 5.91 Å². The largest absolute Gasteiger partial charge is 0.395 e. The first-order valence-electron chi connectivity index (χ1n) is 3.90. The SMILES string of the molecule is NC(CO)C1CCCNC1=O. The number of carbonyl (C=O) groups is 1. The number of aliphatic hydroxyl groups is 1. The van der Waals surface area contributed by atoms with Gasteiger partial charge in [-0.25, -0.2) is 0 Å². The van der Waals surface area contributed by atoms with E-state index in [1.165, 1.54) is 0 Å². The van der Waals surface area contributed by atoms with Gasteiger partial charge in [0.1, 0.15) is 0 Å². The normalized spacial score (nSPS) is 27.8. The number of aliphatic hydroxyl groups excluding tert-OH is 1. The van der Waals surface area contributed by atoms with Crippen molar-refractivity contribution in [2.45, 2.75) is 18.9 Å². The van der Waals surface area contributed by atoms with E-state index in [0.29, 0.717) is 0 Å². The van der Waals surface area contributed by atoms with Crippen molar-refractivity contribution < 1.29 is 9.90 Å². The lowest BCUT2D eigenvalue weighted by Crippen LogP contribution is -2.47. The van der Waals surface area contributed by atoms with Gasteiger partial charge >= 0.3 is 0 Å². The zero-order valence-corrected chi connectivity index (χ0v) is 6.42. The maximum atomic E-state index is 11.1.